The Hall–Kier alpha value is -1.60. The second kappa shape index (κ2) is 8.55. The molecule has 7 heteroatoms. The van der Waals surface area contributed by atoms with Gasteiger partial charge in [0.15, 0.2) is 0 Å². The van der Waals surface area contributed by atoms with Crippen molar-refractivity contribution in [2.24, 2.45) is 0 Å². The molecule has 1 aliphatic carbocycles. The average molecular weight is 280 g/mol. The van der Waals surface area contributed by atoms with E-state index >= 15 is 0 Å². The molecule has 0 aliphatic heterocycles. The van der Waals surface area contributed by atoms with E-state index in [1.165, 1.54) is 18.0 Å². The number of aliphatic carboxylic acids is 1. The number of carboxylic acids is 1. The molecule has 20 heavy (non-hydrogen) atoms. The van der Waals surface area contributed by atoms with Crippen molar-refractivity contribution in [3.63, 3.8) is 0 Å². The highest BCUT2D eigenvalue weighted by Gasteiger charge is 2.14. The molecule has 2 N–H and O–H groups in total. The minimum absolute atomic E-state index is 0.0678. The van der Waals surface area contributed by atoms with Crippen LogP contribution in [0.1, 0.15) is 19.3 Å². The standard InChI is InChI=1S/C13H19BNO5/c1-15(8-12(17)18)9-13(19)20-14-11-4-2-10(3-5-11)6-7-16/h2,4,16H,3,5-9H2,1H3,(H,17,18). The molecular formula is C13H19BNO5. The van der Waals surface area contributed by atoms with E-state index in [1.54, 1.807) is 7.05 Å². The van der Waals surface area contributed by atoms with Crippen LogP contribution >= 0.6 is 0 Å². The summed E-state index contributed by atoms with van der Waals surface area (Å²) < 4.78 is 4.98. The number of carboxylic acid groups (broad SMARTS) is 1. The van der Waals surface area contributed by atoms with Crippen molar-refractivity contribution in [3.05, 3.63) is 23.2 Å². The van der Waals surface area contributed by atoms with E-state index < -0.39 is 11.9 Å². The van der Waals surface area contributed by atoms with Crippen LogP contribution in [-0.4, -0.2) is 61.3 Å². The number of aliphatic hydroxyl groups is 1. The first-order chi connectivity index (χ1) is 9.51. The van der Waals surface area contributed by atoms with Crippen molar-refractivity contribution >= 4 is 19.4 Å². The number of allylic oxidation sites excluding steroid dienone is 3. The lowest BCUT2D eigenvalue weighted by molar-refractivity contribution is -0.139. The Balaban J connectivity index is 2.30. The molecule has 109 valence electrons. The minimum atomic E-state index is -0.985. The molecule has 6 nitrogen and oxygen atoms in total. The molecule has 0 aromatic rings. The molecule has 0 unspecified atom stereocenters. The fourth-order valence-corrected chi connectivity index (χ4v) is 1.83. The van der Waals surface area contributed by atoms with Gasteiger partial charge in [0.2, 0.25) is 0 Å². The molecule has 1 rings (SSSR count). The number of nitrogens with zero attached hydrogens (tertiary/aromatic N) is 1. The summed E-state index contributed by atoms with van der Waals surface area (Å²) in [6.45, 7) is -0.129. The topological polar surface area (TPSA) is 87.1 Å². The minimum Gasteiger partial charge on any atom is -0.532 e. The van der Waals surface area contributed by atoms with E-state index in [4.69, 9.17) is 14.9 Å². The van der Waals surface area contributed by atoms with Gasteiger partial charge in [-0.15, -0.1) is 0 Å². The third-order valence-electron chi connectivity index (χ3n) is 2.85. The molecule has 0 aromatic heterocycles. The van der Waals surface area contributed by atoms with Crippen molar-refractivity contribution in [1.29, 1.82) is 0 Å². The van der Waals surface area contributed by atoms with Gasteiger partial charge in [-0.1, -0.05) is 23.2 Å². The molecule has 0 fully saturated rings. The fourth-order valence-electron chi connectivity index (χ4n) is 1.83. The number of hydrogen-bond donors (Lipinski definition) is 2. The van der Waals surface area contributed by atoms with Gasteiger partial charge in [-0.2, -0.15) is 0 Å². The lowest BCUT2D eigenvalue weighted by atomic mass is 9.79. The maximum absolute atomic E-state index is 11.5. The van der Waals surface area contributed by atoms with Crippen molar-refractivity contribution in [1.82, 2.24) is 4.90 Å². The summed E-state index contributed by atoms with van der Waals surface area (Å²) in [6.07, 6.45) is 6.08. The van der Waals surface area contributed by atoms with Crippen LogP contribution in [-0.2, 0) is 14.2 Å². The molecule has 1 radical (unpaired) electrons. The molecule has 1 aliphatic rings. The monoisotopic (exact) mass is 280 g/mol. The molecule has 0 atom stereocenters. The molecule has 0 aromatic carbocycles. The summed E-state index contributed by atoms with van der Waals surface area (Å²) in [5.74, 6) is -1.47. The zero-order valence-corrected chi connectivity index (χ0v) is 11.5. The van der Waals surface area contributed by atoms with Crippen molar-refractivity contribution in [2.75, 3.05) is 26.7 Å². The summed E-state index contributed by atoms with van der Waals surface area (Å²) in [6, 6.07) is 0. The second-order valence-electron chi connectivity index (χ2n) is 4.71. The summed E-state index contributed by atoms with van der Waals surface area (Å²) in [4.78, 5) is 23.3. The predicted octanol–water partition coefficient (Wildman–Crippen LogP) is 0.152. The van der Waals surface area contributed by atoms with E-state index in [-0.39, 0.29) is 19.7 Å². The molecule has 0 saturated carbocycles. The molecule has 0 bridgehead atoms. The number of carbonyl (C=O) groups is 2. The smallest absolute Gasteiger partial charge is 0.408 e. The third kappa shape index (κ3) is 6.54. The Labute approximate surface area is 119 Å². The Morgan fingerprint density at radius 3 is 2.65 bits per heavy atom. The first-order valence-corrected chi connectivity index (χ1v) is 6.43. The second-order valence-corrected chi connectivity index (χ2v) is 4.71. The molecule has 0 saturated heterocycles. The van der Waals surface area contributed by atoms with Crippen molar-refractivity contribution in [3.8, 4) is 0 Å². The largest absolute Gasteiger partial charge is 0.532 e. The van der Waals surface area contributed by atoms with Gasteiger partial charge in [0.1, 0.15) is 0 Å². The van der Waals surface area contributed by atoms with Gasteiger partial charge >= 0.3 is 19.4 Å². The summed E-state index contributed by atoms with van der Waals surface area (Å²) >= 11 is 0. The van der Waals surface area contributed by atoms with E-state index in [0.717, 1.165) is 18.3 Å². The first-order valence-electron chi connectivity index (χ1n) is 6.43. The molecule has 0 amide bonds. The van der Waals surface area contributed by atoms with E-state index in [2.05, 4.69) is 0 Å². The van der Waals surface area contributed by atoms with Crippen LogP contribution in [0.2, 0.25) is 0 Å². The van der Waals surface area contributed by atoms with Gasteiger partial charge in [0.05, 0.1) is 13.1 Å². The van der Waals surface area contributed by atoms with E-state index in [1.807, 2.05) is 12.2 Å². The van der Waals surface area contributed by atoms with Gasteiger partial charge in [-0.3, -0.25) is 14.5 Å². The first kappa shape index (κ1) is 16.5. The maximum atomic E-state index is 11.5. The zero-order valence-electron chi connectivity index (χ0n) is 11.5. The normalized spacial score (nSPS) is 14.6. The van der Waals surface area contributed by atoms with Crippen LogP contribution in [0, 0.1) is 0 Å². The highest BCUT2D eigenvalue weighted by molar-refractivity contribution is 6.40. The zero-order chi connectivity index (χ0) is 15.0. The van der Waals surface area contributed by atoms with Crippen LogP contribution in [0.3, 0.4) is 0 Å². The van der Waals surface area contributed by atoms with Crippen molar-refractivity contribution < 1.29 is 24.5 Å². The van der Waals surface area contributed by atoms with Gasteiger partial charge in [0, 0.05) is 6.61 Å². The highest BCUT2D eigenvalue weighted by atomic mass is 16.5. The Kier molecular flexibility index (Phi) is 7.04. The Morgan fingerprint density at radius 1 is 1.35 bits per heavy atom. The lowest BCUT2D eigenvalue weighted by Crippen LogP contribution is -2.32. The molecular weight excluding hydrogens is 261 g/mol. The van der Waals surface area contributed by atoms with Crippen LogP contribution in [0.15, 0.2) is 23.2 Å². The summed E-state index contributed by atoms with van der Waals surface area (Å²) in [7, 11) is 2.95. The van der Waals surface area contributed by atoms with Gasteiger partial charge < -0.3 is 14.9 Å². The lowest BCUT2D eigenvalue weighted by Gasteiger charge is -2.15. The Morgan fingerprint density at radius 2 is 2.10 bits per heavy atom. The number of aliphatic hydroxyl groups excluding tert-OH is 1. The maximum Gasteiger partial charge on any atom is 0.408 e. The van der Waals surface area contributed by atoms with E-state index in [0.29, 0.717) is 6.42 Å². The summed E-state index contributed by atoms with van der Waals surface area (Å²) in [5, 5.41) is 17.4. The molecule has 0 heterocycles. The quantitative estimate of drug-likeness (QED) is 0.615. The number of carbonyl (C=O) groups excluding carboxylic acids is 1. The summed E-state index contributed by atoms with van der Waals surface area (Å²) in [5.41, 5.74) is 2.08. The number of hydrogen-bond acceptors (Lipinski definition) is 5. The van der Waals surface area contributed by atoms with Crippen molar-refractivity contribution in [2.45, 2.75) is 19.3 Å². The number of likely N-dealkylation sites (N-methyl/N-ethyl adjacent to an activating group) is 1. The highest BCUT2D eigenvalue weighted by Crippen LogP contribution is 2.19. The van der Waals surface area contributed by atoms with E-state index in [9.17, 15) is 9.59 Å². The van der Waals surface area contributed by atoms with Crippen LogP contribution < -0.4 is 0 Å². The third-order valence-corrected chi connectivity index (χ3v) is 2.85. The fraction of sp³-hybridized carbons (Fsp3) is 0.538. The van der Waals surface area contributed by atoms with Crippen LogP contribution in [0.25, 0.3) is 0 Å². The van der Waals surface area contributed by atoms with Gasteiger partial charge in [0.25, 0.3) is 0 Å². The van der Waals surface area contributed by atoms with Crippen LogP contribution in [0.4, 0.5) is 0 Å². The SMILES string of the molecule is CN(CC(=O)O)CC(=O)O[B]C1=CC=C(CCO)CC1. The predicted molar refractivity (Wildman–Crippen MR) is 74.1 cm³/mol. The Bertz CT molecular complexity index is 419. The van der Waals surface area contributed by atoms with Gasteiger partial charge in [-0.25, -0.2) is 0 Å². The average Bonchev–Trinajstić information content (AvgIpc) is 2.37. The van der Waals surface area contributed by atoms with Gasteiger partial charge in [-0.05, 0) is 26.3 Å². The molecule has 0 spiro atoms. The van der Waals surface area contributed by atoms with Crippen LogP contribution in [0.5, 0.6) is 0 Å². The number of rotatable bonds is 8.